The largest absolute Gasteiger partial charge is 0.385 e. The van der Waals surface area contributed by atoms with Gasteiger partial charge in [-0.2, -0.15) is 0 Å². The van der Waals surface area contributed by atoms with Gasteiger partial charge in [0.25, 0.3) is 0 Å². The Morgan fingerprint density at radius 2 is 1.95 bits per heavy atom. The first kappa shape index (κ1) is 12.7. The normalized spacial score (nSPS) is 12.9. The predicted molar refractivity (Wildman–Crippen MR) is 82.0 cm³/mol. The lowest BCUT2D eigenvalue weighted by Crippen LogP contribution is -2.03. The van der Waals surface area contributed by atoms with Gasteiger partial charge in [-0.05, 0) is 42.2 Å². The highest BCUT2D eigenvalue weighted by Crippen LogP contribution is 2.25. The number of hydrogen-bond donors (Lipinski definition) is 2. The van der Waals surface area contributed by atoms with E-state index in [0.717, 1.165) is 36.3 Å². The van der Waals surface area contributed by atoms with E-state index in [1.807, 2.05) is 18.2 Å². The zero-order chi connectivity index (χ0) is 13.8. The standard InChI is InChI=1S/C17H18N2O/c20-17-12-14-11-15(8-9-16(14)19-17)18-10-4-7-13-5-2-1-3-6-13/h1-3,5-6,8-9,11,18H,4,7,10,12H2,(H,19,20). The molecule has 0 spiro atoms. The van der Waals surface area contributed by atoms with Gasteiger partial charge in [0.1, 0.15) is 0 Å². The number of benzene rings is 2. The molecule has 2 aromatic carbocycles. The maximum absolute atomic E-state index is 11.3. The third kappa shape index (κ3) is 2.99. The lowest BCUT2D eigenvalue weighted by Gasteiger charge is -2.08. The van der Waals surface area contributed by atoms with Crippen LogP contribution in [0.1, 0.15) is 17.5 Å². The molecule has 0 atom stereocenters. The summed E-state index contributed by atoms with van der Waals surface area (Å²) >= 11 is 0. The quantitative estimate of drug-likeness (QED) is 0.816. The van der Waals surface area contributed by atoms with Crippen LogP contribution in [0.15, 0.2) is 48.5 Å². The Balaban J connectivity index is 1.50. The fourth-order valence-corrected chi connectivity index (χ4v) is 2.51. The molecule has 2 N–H and O–H groups in total. The number of aryl methyl sites for hydroxylation is 1. The van der Waals surface area contributed by atoms with Crippen molar-refractivity contribution in [3.63, 3.8) is 0 Å². The van der Waals surface area contributed by atoms with E-state index in [1.165, 1.54) is 5.56 Å². The van der Waals surface area contributed by atoms with E-state index in [4.69, 9.17) is 0 Å². The average molecular weight is 266 g/mol. The van der Waals surface area contributed by atoms with Gasteiger partial charge in [-0.3, -0.25) is 4.79 Å². The molecule has 0 saturated carbocycles. The highest BCUT2D eigenvalue weighted by Gasteiger charge is 2.17. The van der Waals surface area contributed by atoms with Crippen molar-refractivity contribution in [1.29, 1.82) is 0 Å². The lowest BCUT2D eigenvalue weighted by molar-refractivity contribution is -0.115. The summed E-state index contributed by atoms with van der Waals surface area (Å²) in [7, 11) is 0. The van der Waals surface area contributed by atoms with Crippen molar-refractivity contribution in [2.24, 2.45) is 0 Å². The molecule has 0 aliphatic carbocycles. The second-order valence-corrected chi connectivity index (χ2v) is 5.11. The predicted octanol–water partition coefficient (Wildman–Crippen LogP) is 3.23. The van der Waals surface area contributed by atoms with E-state index in [-0.39, 0.29) is 5.91 Å². The molecule has 1 amide bonds. The van der Waals surface area contributed by atoms with Gasteiger partial charge < -0.3 is 10.6 Å². The third-order valence-electron chi connectivity index (χ3n) is 3.54. The number of carbonyl (C=O) groups excluding carboxylic acids is 1. The molecule has 0 fully saturated rings. The van der Waals surface area contributed by atoms with E-state index in [1.54, 1.807) is 0 Å². The first-order chi connectivity index (χ1) is 9.81. The van der Waals surface area contributed by atoms with E-state index < -0.39 is 0 Å². The van der Waals surface area contributed by atoms with Crippen LogP contribution in [0.2, 0.25) is 0 Å². The van der Waals surface area contributed by atoms with Crippen molar-refractivity contribution in [1.82, 2.24) is 0 Å². The highest BCUT2D eigenvalue weighted by atomic mass is 16.1. The Morgan fingerprint density at radius 3 is 2.80 bits per heavy atom. The van der Waals surface area contributed by atoms with Crippen LogP contribution in [0, 0.1) is 0 Å². The number of amides is 1. The molecule has 1 heterocycles. The second-order valence-electron chi connectivity index (χ2n) is 5.11. The number of hydrogen-bond acceptors (Lipinski definition) is 2. The fourth-order valence-electron chi connectivity index (χ4n) is 2.51. The summed E-state index contributed by atoms with van der Waals surface area (Å²) in [5.74, 6) is 0.0845. The Morgan fingerprint density at radius 1 is 1.10 bits per heavy atom. The molecule has 3 heteroatoms. The van der Waals surface area contributed by atoms with E-state index >= 15 is 0 Å². The molecule has 3 nitrogen and oxygen atoms in total. The van der Waals surface area contributed by atoms with Crippen LogP contribution in [0.5, 0.6) is 0 Å². The van der Waals surface area contributed by atoms with Crippen molar-refractivity contribution in [2.45, 2.75) is 19.3 Å². The molecule has 20 heavy (non-hydrogen) atoms. The van der Waals surface area contributed by atoms with Crippen molar-refractivity contribution in [3.8, 4) is 0 Å². The van der Waals surface area contributed by atoms with Gasteiger partial charge in [0.15, 0.2) is 0 Å². The molecular formula is C17H18N2O. The minimum atomic E-state index is 0.0845. The van der Waals surface area contributed by atoms with Gasteiger partial charge in [-0.15, -0.1) is 0 Å². The maximum atomic E-state index is 11.3. The topological polar surface area (TPSA) is 41.1 Å². The molecule has 0 radical (unpaired) electrons. The zero-order valence-electron chi connectivity index (χ0n) is 11.4. The van der Waals surface area contributed by atoms with Crippen LogP contribution in [0.3, 0.4) is 0 Å². The minimum Gasteiger partial charge on any atom is -0.385 e. The number of nitrogens with one attached hydrogen (secondary N) is 2. The molecule has 0 aromatic heterocycles. The summed E-state index contributed by atoms with van der Waals surface area (Å²) in [6.07, 6.45) is 2.67. The molecule has 0 bridgehead atoms. The van der Waals surface area contributed by atoms with E-state index in [2.05, 4.69) is 41.0 Å². The zero-order valence-corrected chi connectivity index (χ0v) is 11.4. The van der Waals surface area contributed by atoms with Gasteiger partial charge >= 0.3 is 0 Å². The van der Waals surface area contributed by atoms with Crippen LogP contribution < -0.4 is 10.6 Å². The summed E-state index contributed by atoms with van der Waals surface area (Å²) in [4.78, 5) is 11.3. The van der Waals surface area contributed by atoms with Gasteiger partial charge in [0.05, 0.1) is 6.42 Å². The smallest absolute Gasteiger partial charge is 0.228 e. The Bertz CT molecular complexity index is 608. The van der Waals surface area contributed by atoms with Gasteiger partial charge in [-0.1, -0.05) is 30.3 Å². The summed E-state index contributed by atoms with van der Waals surface area (Å²) < 4.78 is 0. The van der Waals surface area contributed by atoms with Gasteiger partial charge in [0.2, 0.25) is 5.91 Å². The van der Waals surface area contributed by atoms with Gasteiger partial charge in [0, 0.05) is 17.9 Å². The SMILES string of the molecule is O=C1Cc2cc(NCCCc3ccccc3)ccc2N1. The first-order valence-corrected chi connectivity index (χ1v) is 7.02. The van der Waals surface area contributed by atoms with Crippen molar-refractivity contribution >= 4 is 17.3 Å². The highest BCUT2D eigenvalue weighted by molar-refractivity contribution is 5.99. The van der Waals surface area contributed by atoms with Crippen LogP contribution in [0.25, 0.3) is 0 Å². The third-order valence-corrected chi connectivity index (χ3v) is 3.54. The summed E-state index contributed by atoms with van der Waals surface area (Å²) in [5, 5.41) is 6.27. The van der Waals surface area contributed by atoms with Crippen molar-refractivity contribution in [2.75, 3.05) is 17.2 Å². The number of carbonyl (C=O) groups is 1. The van der Waals surface area contributed by atoms with E-state index in [0.29, 0.717) is 6.42 Å². The van der Waals surface area contributed by atoms with Crippen LogP contribution in [-0.4, -0.2) is 12.5 Å². The second kappa shape index (κ2) is 5.78. The Kier molecular flexibility index (Phi) is 3.68. The average Bonchev–Trinajstić information content (AvgIpc) is 2.84. The van der Waals surface area contributed by atoms with Crippen LogP contribution in [0.4, 0.5) is 11.4 Å². The van der Waals surface area contributed by atoms with Crippen molar-refractivity contribution in [3.05, 3.63) is 59.7 Å². The molecule has 102 valence electrons. The molecule has 2 aromatic rings. The first-order valence-electron chi connectivity index (χ1n) is 7.02. The monoisotopic (exact) mass is 266 g/mol. The lowest BCUT2D eigenvalue weighted by atomic mass is 10.1. The number of rotatable bonds is 5. The molecular weight excluding hydrogens is 248 g/mol. The summed E-state index contributed by atoms with van der Waals surface area (Å²) in [5.41, 5.74) is 4.50. The van der Waals surface area contributed by atoms with Crippen molar-refractivity contribution < 1.29 is 4.79 Å². The molecule has 3 rings (SSSR count). The Labute approximate surface area is 119 Å². The fraction of sp³-hybridized carbons (Fsp3) is 0.235. The van der Waals surface area contributed by atoms with Gasteiger partial charge in [-0.25, -0.2) is 0 Å². The maximum Gasteiger partial charge on any atom is 0.228 e. The molecule has 1 aliphatic heterocycles. The molecule has 0 saturated heterocycles. The van der Waals surface area contributed by atoms with Crippen LogP contribution in [-0.2, 0) is 17.6 Å². The molecule has 0 unspecified atom stereocenters. The minimum absolute atomic E-state index is 0.0845. The summed E-state index contributed by atoms with van der Waals surface area (Å²) in [6.45, 7) is 0.940. The van der Waals surface area contributed by atoms with E-state index in [9.17, 15) is 4.79 Å². The Hall–Kier alpha value is -2.29. The number of anilines is 2. The van der Waals surface area contributed by atoms with Crippen LogP contribution >= 0.6 is 0 Å². The molecule has 1 aliphatic rings. The number of fused-ring (bicyclic) bond motifs is 1. The summed E-state index contributed by atoms with van der Waals surface area (Å²) in [6, 6.07) is 16.6.